The van der Waals surface area contributed by atoms with E-state index in [0.717, 1.165) is 24.9 Å². The first-order valence-electron chi connectivity index (χ1n) is 8.78. The van der Waals surface area contributed by atoms with E-state index in [1.165, 1.54) is 12.1 Å². The summed E-state index contributed by atoms with van der Waals surface area (Å²) in [6, 6.07) is 6.27. The highest BCUT2D eigenvalue weighted by atomic mass is 127. The number of nitro groups is 1. The summed E-state index contributed by atoms with van der Waals surface area (Å²) in [5.74, 6) is 0.429. The molecule has 0 atom stereocenters. The first-order chi connectivity index (χ1) is 12.2. The zero-order valence-corrected chi connectivity index (χ0v) is 18.7. The molecule has 0 saturated carbocycles. The molecular formula is C18H30IN5O3. The summed E-state index contributed by atoms with van der Waals surface area (Å²) >= 11 is 0. The summed E-state index contributed by atoms with van der Waals surface area (Å²) in [7, 11) is 0. The van der Waals surface area contributed by atoms with Gasteiger partial charge >= 0.3 is 0 Å². The van der Waals surface area contributed by atoms with Gasteiger partial charge in [0.15, 0.2) is 5.96 Å². The first kappa shape index (κ1) is 25.1. The van der Waals surface area contributed by atoms with Gasteiger partial charge < -0.3 is 16.0 Å². The van der Waals surface area contributed by atoms with E-state index < -0.39 is 4.92 Å². The standard InChI is InChI=1S/C18H29N5O3.HI/c1-5-6-11-19-17(21-13-16(24)22-18(2,3)4)20-12-14-7-9-15(10-8-14)23(25)26;/h7-10H,5-6,11-13H2,1-4H3,(H,22,24)(H2,19,20,21);1H. The van der Waals surface area contributed by atoms with Crippen LogP contribution in [0, 0.1) is 10.1 Å². The van der Waals surface area contributed by atoms with Gasteiger partial charge in [-0.05, 0) is 32.8 Å². The van der Waals surface area contributed by atoms with Gasteiger partial charge in [0.2, 0.25) is 5.91 Å². The number of benzene rings is 1. The molecule has 1 aromatic rings. The van der Waals surface area contributed by atoms with Gasteiger partial charge in [0.1, 0.15) is 0 Å². The molecule has 1 rings (SSSR count). The molecule has 1 aromatic carbocycles. The van der Waals surface area contributed by atoms with Crippen molar-refractivity contribution in [1.82, 2.24) is 16.0 Å². The van der Waals surface area contributed by atoms with Gasteiger partial charge in [-0.3, -0.25) is 14.9 Å². The summed E-state index contributed by atoms with van der Waals surface area (Å²) in [6.07, 6.45) is 2.04. The molecule has 0 spiro atoms. The zero-order chi connectivity index (χ0) is 19.6. The van der Waals surface area contributed by atoms with Crippen LogP contribution in [0.3, 0.4) is 0 Å². The maximum Gasteiger partial charge on any atom is 0.269 e. The molecule has 0 heterocycles. The summed E-state index contributed by atoms with van der Waals surface area (Å²) < 4.78 is 0. The Morgan fingerprint density at radius 3 is 2.33 bits per heavy atom. The Kier molecular flexibility index (Phi) is 11.6. The fourth-order valence-corrected chi connectivity index (χ4v) is 2.08. The Balaban J connectivity index is 0.00000676. The molecule has 8 nitrogen and oxygen atoms in total. The van der Waals surface area contributed by atoms with Gasteiger partial charge in [-0.1, -0.05) is 25.5 Å². The van der Waals surface area contributed by atoms with Gasteiger partial charge in [-0.15, -0.1) is 24.0 Å². The van der Waals surface area contributed by atoms with Crippen LogP contribution in [0.25, 0.3) is 0 Å². The third-order valence-electron chi connectivity index (χ3n) is 3.32. The monoisotopic (exact) mass is 491 g/mol. The number of non-ortho nitro benzene ring substituents is 1. The van der Waals surface area contributed by atoms with Gasteiger partial charge in [0.05, 0.1) is 18.0 Å². The van der Waals surface area contributed by atoms with Crippen LogP contribution < -0.4 is 16.0 Å². The number of rotatable bonds is 8. The van der Waals surface area contributed by atoms with Crippen molar-refractivity contribution < 1.29 is 9.72 Å². The number of halogens is 1. The second kappa shape index (κ2) is 12.5. The Morgan fingerprint density at radius 2 is 1.81 bits per heavy atom. The SMILES string of the molecule is CCCCNC(=NCc1ccc([N+](=O)[O-])cc1)NCC(=O)NC(C)(C)C.I. The van der Waals surface area contributed by atoms with Crippen molar-refractivity contribution in [3.63, 3.8) is 0 Å². The third kappa shape index (κ3) is 11.4. The van der Waals surface area contributed by atoms with Gasteiger partial charge in [0, 0.05) is 24.2 Å². The van der Waals surface area contributed by atoms with Crippen LogP contribution in [0.15, 0.2) is 29.3 Å². The normalized spacial score (nSPS) is 11.3. The highest BCUT2D eigenvalue weighted by Crippen LogP contribution is 2.12. The minimum Gasteiger partial charge on any atom is -0.356 e. The zero-order valence-electron chi connectivity index (χ0n) is 16.4. The first-order valence-corrected chi connectivity index (χ1v) is 8.78. The molecule has 0 fully saturated rings. The maximum atomic E-state index is 11.9. The second-order valence-electron chi connectivity index (χ2n) is 7.02. The summed E-state index contributed by atoms with van der Waals surface area (Å²) in [6.45, 7) is 9.11. The second-order valence-corrected chi connectivity index (χ2v) is 7.02. The number of hydrogen-bond donors (Lipinski definition) is 3. The van der Waals surface area contributed by atoms with Crippen LogP contribution in [0.1, 0.15) is 46.1 Å². The lowest BCUT2D eigenvalue weighted by molar-refractivity contribution is -0.384. The number of carbonyl (C=O) groups excluding carboxylic acids is 1. The lowest BCUT2D eigenvalue weighted by atomic mass is 10.1. The number of carbonyl (C=O) groups is 1. The van der Waals surface area contributed by atoms with Crippen molar-refractivity contribution in [3.8, 4) is 0 Å². The van der Waals surface area contributed by atoms with E-state index in [2.05, 4.69) is 27.9 Å². The van der Waals surface area contributed by atoms with Crippen molar-refractivity contribution in [2.75, 3.05) is 13.1 Å². The Hall–Kier alpha value is -1.91. The van der Waals surface area contributed by atoms with E-state index in [-0.39, 0.29) is 47.7 Å². The van der Waals surface area contributed by atoms with Crippen molar-refractivity contribution in [1.29, 1.82) is 0 Å². The third-order valence-corrected chi connectivity index (χ3v) is 3.32. The maximum absolute atomic E-state index is 11.9. The molecule has 0 bridgehead atoms. The molecule has 0 radical (unpaired) electrons. The highest BCUT2D eigenvalue weighted by molar-refractivity contribution is 14.0. The molecule has 152 valence electrons. The van der Waals surface area contributed by atoms with E-state index in [1.54, 1.807) is 12.1 Å². The predicted molar refractivity (Wildman–Crippen MR) is 118 cm³/mol. The number of unbranched alkanes of at least 4 members (excludes halogenated alkanes) is 1. The molecule has 0 unspecified atom stereocenters. The van der Waals surface area contributed by atoms with Crippen LogP contribution >= 0.6 is 24.0 Å². The largest absolute Gasteiger partial charge is 0.356 e. The topological polar surface area (TPSA) is 109 Å². The Bertz CT molecular complexity index is 627. The molecule has 3 N–H and O–H groups in total. The summed E-state index contributed by atoms with van der Waals surface area (Å²) in [4.78, 5) is 26.7. The number of amides is 1. The van der Waals surface area contributed by atoms with E-state index >= 15 is 0 Å². The van der Waals surface area contributed by atoms with Crippen LogP contribution in [0.4, 0.5) is 5.69 Å². The lowest BCUT2D eigenvalue weighted by Crippen LogP contribution is -2.48. The molecule has 27 heavy (non-hydrogen) atoms. The summed E-state index contributed by atoms with van der Waals surface area (Å²) in [5, 5.41) is 19.8. The lowest BCUT2D eigenvalue weighted by Gasteiger charge is -2.21. The molecule has 0 aliphatic heterocycles. The predicted octanol–water partition coefficient (Wildman–Crippen LogP) is 2.96. The quantitative estimate of drug-likeness (QED) is 0.129. The number of guanidine groups is 1. The van der Waals surface area contributed by atoms with E-state index in [9.17, 15) is 14.9 Å². The van der Waals surface area contributed by atoms with Gasteiger partial charge in [-0.25, -0.2) is 4.99 Å². The van der Waals surface area contributed by atoms with Gasteiger partial charge in [0.25, 0.3) is 5.69 Å². The molecular weight excluding hydrogens is 461 g/mol. The number of nitrogens with zero attached hydrogens (tertiary/aromatic N) is 2. The van der Waals surface area contributed by atoms with Crippen LogP contribution in [-0.4, -0.2) is 35.4 Å². The average Bonchev–Trinajstić information content (AvgIpc) is 2.55. The average molecular weight is 491 g/mol. The van der Waals surface area contributed by atoms with Crippen molar-refractivity contribution in [3.05, 3.63) is 39.9 Å². The van der Waals surface area contributed by atoms with Crippen LogP contribution in [0.2, 0.25) is 0 Å². The fourth-order valence-electron chi connectivity index (χ4n) is 2.08. The van der Waals surface area contributed by atoms with Crippen LogP contribution in [0.5, 0.6) is 0 Å². The van der Waals surface area contributed by atoms with E-state index in [0.29, 0.717) is 12.5 Å². The number of nitro benzene ring substituents is 1. The molecule has 0 aromatic heterocycles. The minimum atomic E-state index is -0.430. The van der Waals surface area contributed by atoms with Gasteiger partial charge in [-0.2, -0.15) is 0 Å². The molecule has 1 amide bonds. The smallest absolute Gasteiger partial charge is 0.269 e. The number of aliphatic imine (C=N–C) groups is 1. The van der Waals surface area contributed by atoms with E-state index in [4.69, 9.17) is 0 Å². The fraction of sp³-hybridized carbons (Fsp3) is 0.556. The molecule has 0 aliphatic carbocycles. The highest BCUT2D eigenvalue weighted by Gasteiger charge is 2.13. The Labute approximate surface area is 177 Å². The van der Waals surface area contributed by atoms with Crippen LogP contribution in [-0.2, 0) is 11.3 Å². The van der Waals surface area contributed by atoms with Crippen molar-refractivity contribution in [2.45, 2.75) is 52.6 Å². The summed E-state index contributed by atoms with van der Waals surface area (Å²) in [5.41, 5.74) is 0.618. The minimum absolute atomic E-state index is 0. The van der Waals surface area contributed by atoms with Crippen molar-refractivity contribution in [2.24, 2.45) is 4.99 Å². The number of nitrogens with one attached hydrogen (secondary N) is 3. The number of hydrogen-bond acceptors (Lipinski definition) is 4. The Morgan fingerprint density at radius 1 is 1.19 bits per heavy atom. The molecule has 0 saturated heterocycles. The van der Waals surface area contributed by atoms with E-state index in [1.807, 2.05) is 20.8 Å². The molecule has 0 aliphatic rings. The molecule has 9 heteroatoms. The van der Waals surface area contributed by atoms with Crippen molar-refractivity contribution >= 4 is 41.5 Å².